The van der Waals surface area contributed by atoms with Crippen LogP contribution in [0.2, 0.25) is 22.0 Å². The number of aryl methyl sites for hydroxylation is 4. The van der Waals surface area contributed by atoms with Crippen molar-refractivity contribution in [2.24, 2.45) is 0 Å². The molecule has 4 aromatic carbocycles. The number of hydrogen-bond donors (Lipinski definition) is 0. The molecule has 2 unspecified atom stereocenters. The zero-order valence-corrected chi connectivity index (χ0v) is 30.5. The molecule has 1 aliphatic heterocycles. The molecule has 1 fully saturated rings. The van der Waals surface area contributed by atoms with Gasteiger partial charge in [0.15, 0.2) is 0 Å². The van der Waals surface area contributed by atoms with Crippen molar-refractivity contribution in [1.29, 1.82) is 0 Å². The van der Waals surface area contributed by atoms with Crippen LogP contribution in [0.25, 0.3) is 34.4 Å². The molecule has 2 heteroatoms. The van der Waals surface area contributed by atoms with Gasteiger partial charge in [0.05, 0.1) is 0 Å². The van der Waals surface area contributed by atoms with Gasteiger partial charge in [0, 0.05) is 0 Å². The van der Waals surface area contributed by atoms with Gasteiger partial charge in [-0.15, -0.1) is 0 Å². The second kappa shape index (κ2) is 9.48. The van der Waals surface area contributed by atoms with Crippen LogP contribution in [0.4, 0.5) is 0 Å². The number of allylic oxidation sites excluding steroid dienone is 2. The van der Waals surface area contributed by atoms with E-state index in [9.17, 15) is 0 Å². The fraction of sp³-hybridized carbons (Fsp3) is 0.282. The Bertz CT molecular complexity index is 1650. The van der Waals surface area contributed by atoms with E-state index in [1.54, 1.807) is 11.1 Å². The minimum atomic E-state index is -3.01. The second-order valence-corrected chi connectivity index (χ2v) is 35.7. The molecule has 0 saturated carbocycles. The maximum absolute atomic E-state index is 3.01. The van der Waals surface area contributed by atoms with E-state index >= 15 is 0 Å². The van der Waals surface area contributed by atoms with Crippen molar-refractivity contribution in [2.45, 2.75) is 63.9 Å². The third kappa shape index (κ3) is 4.00. The summed E-state index contributed by atoms with van der Waals surface area (Å²) in [5.74, 6) is 0. The molecule has 1 heterocycles. The van der Waals surface area contributed by atoms with Gasteiger partial charge in [-0.1, -0.05) is 0 Å². The van der Waals surface area contributed by atoms with Crippen LogP contribution < -0.4 is 0 Å². The van der Waals surface area contributed by atoms with Gasteiger partial charge in [-0.05, 0) is 0 Å². The zero-order chi connectivity index (χ0) is 28.8. The number of hydrogen-bond acceptors (Lipinski definition) is 0. The van der Waals surface area contributed by atoms with Crippen LogP contribution in [0.1, 0.15) is 58.8 Å². The van der Waals surface area contributed by atoms with E-state index in [1.165, 1.54) is 61.7 Å². The molecule has 0 bridgehead atoms. The molecular weight excluding hydrogens is 675 g/mol. The molecule has 0 amide bonds. The van der Waals surface area contributed by atoms with Crippen molar-refractivity contribution in [1.82, 2.24) is 0 Å². The SMILES string of the molecule is CC[Si]1(C)C2=Cc3c(-c4cc(C)cc(C)c4)cccc3[CH]2[Hf]([CH3])([CH3])[CH]2C1=Cc1c(-c3cc(C)cc(C)c3)cccc12. The molecule has 0 radical (unpaired) electrons. The van der Waals surface area contributed by atoms with E-state index in [4.69, 9.17) is 0 Å². The fourth-order valence-electron chi connectivity index (χ4n) is 8.87. The number of fused-ring (bicyclic) bond motifs is 6. The fourth-order valence-corrected chi connectivity index (χ4v) is 40.6. The first-order valence-electron chi connectivity index (χ1n) is 15.4. The molecular formula is C39H42HfSi. The van der Waals surface area contributed by atoms with E-state index in [1.807, 2.05) is 10.4 Å². The van der Waals surface area contributed by atoms with Crippen molar-refractivity contribution >= 4 is 20.2 Å². The third-order valence-electron chi connectivity index (χ3n) is 10.7. The average Bonchev–Trinajstić information content (AvgIpc) is 3.52. The Labute approximate surface area is 252 Å². The normalized spacial score (nSPS) is 23.3. The van der Waals surface area contributed by atoms with Crippen molar-refractivity contribution in [2.75, 3.05) is 0 Å². The Morgan fingerprint density at radius 3 is 1.37 bits per heavy atom. The molecule has 1 saturated heterocycles. The van der Waals surface area contributed by atoms with Crippen LogP contribution in [0.5, 0.6) is 0 Å². The molecule has 2 aliphatic carbocycles. The van der Waals surface area contributed by atoms with Crippen LogP contribution in [0, 0.1) is 27.7 Å². The summed E-state index contributed by atoms with van der Waals surface area (Å²) >= 11 is -3.01. The zero-order valence-electron chi connectivity index (χ0n) is 25.9. The minimum absolute atomic E-state index is 0.679. The van der Waals surface area contributed by atoms with Gasteiger partial charge in [0.1, 0.15) is 0 Å². The molecule has 7 rings (SSSR count). The van der Waals surface area contributed by atoms with Crippen LogP contribution >= 0.6 is 0 Å². The number of benzene rings is 4. The van der Waals surface area contributed by atoms with Crippen LogP contribution in [-0.2, 0) is 20.0 Å². The van der Waals surface area contributed by atoms with Crippen LogP contribution in [0.3, 0.4) is 0 Å². The summed E-state index contributed by atoms with van der Waals surface area (Å²) in [6.07, 6.45) is 5.44. The summed E-state index contributed by atoms with van der Waals surface area (Å²) in [6.45, 7) is 14.1. The summed E-state index contributed by atoms with van der Waals surface area (Å²) < 4.78 is 6.92. The van der Waals surface area contributed by atoms with Gasteiger partial charge in [0.2, 0.25) is 0 Å². The van der Waals surface area contributed by atoms with Crippen LogP contribution in [0.15, 0.2) is 83.2 Å². The van der Waals surface area contributed by atoms with E-state index < -0.39 is 28.0 Å². The standard InChI is InChI=1S/C37H36Si.2CH3.Hf/c1-7-38(6,32-20-28-10-8-12-34(36(28)22-32)30-16-24(2)14-25(3)17-30)33-21-29-11-9-13-35(37(29)23-33)31-18-26(4)15-27(5)19-31;;;/h8-23H,7H2,1-6H3;2*1H3;. The molecule has 4 aromatic rings. The molecule has 0 N–H and O–H groups in total. The Morgan fingerprint density at radius 1 is 0.610 bits per heavy atom. The van der Waals surface area contributed by atoms with E-state index in [-0.39, 0.29) is 0 Å². The van der Waals surface area contributed by atoms with E-state index in [2.05, 4.69) is 135 Å². The monoisotopic (exact) mass is 718 g/mol. The maximum atomic E-state index is 2.78. The van der Waals surface area contributed by atoms with Gasteiger partial charge < -0.3 is 0 Å². The topological polar surface area (TPSA) is 0 Å². The van der Waals surface area contributed by atoms with Gasteiger partial charge in [-0.3, -0.25) is 0 Å². The Morgan fingerprint density at radius 2 is 1.00 bits per heavy atom. The van der Waals surface area contributed by atoms with E-state index in [0.717, 1.165) is 0 Å². The summed E-state index contributed by atoms with van der Waals surface area (Å²) in [7, 11) is -1.87. The summed E-state index contributed by atoms with van der Waals surface area (Å²) in [6, 6.07) is 29.9. The molecule has 0 aromatic heterocycles. The summed E-state index contributed by atoms with van der Waals surface area (Å²) in [4.78, 5) is 0. The predicted molar refractivity (Wildman–Crippen MR) is 178 cm³/mol. The first-order valence-corrected chi connectivity index (χ1v) is 29.4. The second-order valence-electron chi connectivity index (χ2n) is 13.9. The van der Waals surface area contributed by atoms with Gasteiger partial charge in [0.25, 0.3) is 0 Å². The first-order chi connectivity index (χ1) is 19.5. The molecule has 3 aliphatic rings. The van der Waals surface area contributed by atoms with E-state index in [0.29, 0.717) is 7.35 Å². The van der Waals surface area contributed by atoms with Crippen molar-refractivity contribution in [3.05, 3.63) is 128 Å². The predicted octanol–water partition coefficient (Wildman–Crippen LogP) is 11.3. The average molecular weight is 717 g/mol. The quantitative estimate of drug-likeness (QED) is 0.185. The van der Waals surface area contributed by atoms with Crippen molar-refractivity contribution in [3.8, 4) is 22.3 Å². The Balaban J connectivity index is 1.45. The molecule has 2 atom stereocenters. The third-order valence-corrected chi connectivity index (χ3v) is 32.7. The van der Waals surface area contributed by atoms with Gasteiger partial charge in [-0.25, -0.2) is 0 Å². The Kier molecular flexibility index (Phi) is 6.31. The van der Waals surface area contributed by atoms with Crippen molar-refractivity contribution in [3.63, 3.8) is 0 Å². The molecule has 206 valence electrons. The van der Waals surface area contributed by atoms with Gasteiger partial charge >= 0.3 is 254 Å². The molecule has 0 spiro atoms. The van der Waals surface area contributed by atoms with Gasteiger partial charge in [-0.2, -0.15) is 0 Å². The van der Waals surface area contributed by atoms with Crippen molar-refractivity contribution < 1.29 is 20.0 Å². The first kappa shape index (κ1) is 27.3. The molecule has 0 nitrogen and oxygen atoms in total. The summed E-state index contributed by atoms with van der Waals surface area (Å²) in [5, 5.41) is 3.70. The number of rotatable bonds is 3. The Hall–Kier alpha value is -2.55. The summed E-state index contributed by atoms with van der Waals surface area (Å²) in [5.41, 5.74) is 17.4. The van der Waals surface area contributed by atoms with Crippen LogP contribution in [-0.4, -0.2) is 8.07 Å². The molecule has 41 heavy (non-hydrogen) atoms.